The number of nitrogens with one attached hydrogen (secondary N) is 3. The highest BCUT2D eigenvalue weighted by molar-refractivity contribution is 9.10. The molecule has 1 aliphatic rings. The van der Waals surface area contributed by atoms with Crippen molar-refractivity contribution in [2.24, 2.45) is 0 Å². The number of hydrogen-bond acceptors (Lipinski definition) is 7. The molecule has 0 saturated heterocycles. The minimum Gasteiger partial charge on any atom is -0.462 e. The van der Waals surface area contributed by atoms with Crippen LogP contribution in [-0.2, 0) is 27.2 Å². The zero-order valence-electron chi connectivity index (χ0n) is 28.1. The quantitative estimate of drug-likeness (QED) is 0.0752. The van der Waals surface area contributed by atoms with E-state index in [9.17, 15) is 19.2 Å². The van der Waals surface area contributed by atoms with Crippen LogP contribution in [0.3, 0.4) is 0 Å². The number of halogens is 1. The number of rotatable bonds is 12. The van der Waals surface area contributed by atoms with E-state index in [1.54, 1.807) is 55.5 Å². The fraction of sp³-hybridized carbons (Fsp3) is 0.282. The molecule has 4 aromatic rings. The molecule has 1 aliphatic carbocycles. The molecule has 11 heteroatoms. The molecule has 0 spiro atoms. The highest BCUT2D eigenvalue weighted by Crippen LogP contribution is 2.38. The van der Waals surface area contributed by atoms with E-state index in [0.29, 0.717) is 28.2 Å². The van der Waals surface area contributed by atoms with Crippen molar-refractivity contribution < 1.29 is 23.9 Å². The first-order chi connectivity index (χ1) is 24.2. The van der Waals surface area contributed by atoms with Gasteiger partial charge in [0.2, 0.25) is 5.91 Å². The molecule has 0 saturated carbocycles. The fourth-order valence-electron chi connectivity index (χ4n) is 5.66. The lowest BCUT2D eigenvalue weighted by Gasteiger charge is -2.16. The van der Waals surface area contributed by atoms with Gasteiger partial charge < -0.3 is 20.7 Å². The molecule has 1 heterocycles. The summed E-state index contributed by atoms with van der Waals surface area (Å²) in [5, 5.41) is 8.85. The summed E-state index contributed by atoms with van der Waals surface area (Å²) in [6.45, 7) is 3.99. The van der Waals surface area contributed by atoms with E-state index in [2.05, 4.69) is 31.9 Å². The molecule has 8 nitrogen and oxygen atoms in total. The molecule has 0 fully saturated rings. The van der Waals surface area contributed by atoms with Crippen molar-refractivity contribution >= 4 is 79.5 Å². The Morgan fingerprint density at radius 2 is 1.66 bits per heavy atom. The third-order valence-electron chi connectivity index (χ3n) is 8.11. The van der Waals surface area contributed by atoms with E-state index in [-0.39, 0.29) is 18.2 Å². The van der Waals surface area contributed by atoms with Crippen molar-refractivity contribution in [1.82, 2.24) is 5.32 Å². The maximum Gasteiger partial charge on any atom is 0.341 e. The molecule has 3 N–H and O–H groups in total. The van der Waals surface area contributed by atoms with Crippen molar-refractivity contribution in [3.05, 3.63) is 116 Å². The highest BCUT2D eigenvalue weighted by Gasteiger charge is 2.28. The van der Waals surface area contributed by atoms with Gasteiger partial charge in [0.25, 0.3) is 11.8 Å². The van der Waals surface area contributed by atoms with Gasteiger partial charge in [-0.05, 0) is 98.7 Å². The average molecular weight is 775 g/mol. The molecule has 260 valence electrons. The van der Waals surface area contributed by atoms with Gasteiger partial charge in [-0.25, -0.2) is 4.79 Å². The van der Waals surface area contributed by atoms with Crippen LogP contribution in [0.4, 0.5) is 10.7 Å². The monoisotopic (exact) mass is 773 g/mol. The molecule has 5 rings (SSSR count). The van der Waals surface area contributed by atoms with E-state index in [1.165, 1.54) is 23.1 Å². The summed E-state index contributed by atoms with van der Waals surface area (Å²) in [5.74, 6) is -1.50. The summed E-state index contributed by atoms with van der Waals surface area (Å²) in [7, 11) is 0. The lowest BCUT2D eigenvalue weighted by Crippen LogP contribution is -2.30. The average Bonchev–Trinajstić information content (AvgIpc) is 3.42. The number of carbonyl (C=O) groups excluding carboxylic acids is 4. The van der Waals surface area contributed by atoms with Crippen LogP contribution in [-0.4, -0.2) is 35.5 Å². The highest BCUT2D eigenvalue weighted by atomic mass is 79.9. The molecule has 3 aromatic carbocycles. The number of hydrogen-bond donors (Lipinski definition) is 3. The zero-order valence-corrected chi connectivity index (χ0v) is 31.3. The van der Waals surface area contributed by atoms with Crippen LogP contribution in [0.2, 0.25) is 0 Å². The molecule has 1 aromatic heterocycles. The van der Waals surface area contributed by atoms with Gasteiger partial charge in [-0.1, -0.05) is 72.1 Å². The molecule has 3 amide bonds. The smallest absolute Gasteiger partial charge is 0.341 e. The van der Waals surface area contributed by atoms with Crippen LogP contribution in [0.5, 0.6) is 0 Å². The Bertz CT molecular complexity index is 1870. The first-order valence-corrected chi connectivity index (χ1v) is 19.3. The third kappa shape index (κ3) is 9.95. The van der Waals surface area contributed by atoms with Gasteiger partial charge in [-0.2, -0.15) is 0 Å². The summed E-state index contributed by atoms with van der Waals surface area (Å²) < 4.78 is 6.25. The number of esters is 1. The lowest BCUT2D eigenvalue weighted by atomic mass is 9.96. The van der Waals surface area contributed by atoms with E-state index < -0.39 is 23.0 Å². The molecule has 0 radical (unpaired) electrons. The van der Waals surface area contributed by atoms with Crippen molar-refractivity contribution in [2.45, 2.75) is 68.9 Å². The minimum absolute atomic E-state index is 0.0725. The van der Waals surface area contributed by atoms with Crippen molar-refractivity contribution in [3.63, 3.8) is 0 Å². The van der Waals surface area contributed by atoms with Gasteiger partial charge in [-0.3, -0.25) is 14.4 Å². The van der Waals surface area contributed by atoms with E-state index in [0.717, 1.165) is 63.9 Å². The number of ether oxygens (including phenoxy) is 1. The molecule has 0 bridgehead atoms. The topological polar surface area (TPSA) is 114 Å². The summed E-state index contributed by atoms with van der Waals surface area (Å²) in [6.07, 6.45) is 8.20. The summed E-state index contributed by atoms with van der Waals surface area (Å²) in [6, 6.07) is 23.3. The summed E-state index contributed by atoms with van der Waals surface area (Å²) >= 11 is 6.33. The number of anilines is 2. The first-order valence-electron chi connectivity index (χ1n) is 16.8. The molecule has 0 aliphatic heterocycles. The Kier molecular flexibility index (Phi) is 13.5. The second kappa shape index (κ2) is 18.2. The van der Waals surface area contributed by atoms with Crippen LogP contribution in [0.25, 0.3) is 6.08 Å². The van der Waals surface area contributed by atoms with Crippen molar-refractivity contribution in [2.75, 3.05) is 17.2 Å². The normalized spacial score (nSPS) is 13.6. The number of carbonyl (C=O) groups is 4. The zero-order chi connectivity index (χ0) is 35.5. The number of aryl methyl sites for hydroxylation is 1. The summed E-state index contributed by atoms with van der Waals surface area (Å²) in [5.41, 5.74) is 3.24. The maximum atomic E-state index is 13.7. The largest absolute Gasteiger partial charge is 0.462 e. The van der Waals surface area contributed by atoms with Gasteiger partial charge in [0, 0.05) is 25.5 Å². The Morgan fingerprint density at radius 1 is 0.900 bits per heavy atom. The van der Waals surface area contributed by atoms with Crippen LogP contribution < -0.4 is 16.0 Å². The molecule has 50 heavy (non-hydrogen) atoms. The Balaban J connectivity index is 1.32. The van der Waals surface area contributed by atoms with Gasteiger partial charge in [0.1, 0.15) is 10.7 Å². The standard InChI is InChI=1S/C39H40BrN3O5S2/c1-3-32(37(46)43-38-34(39(47)48-4-2)30-20-10-5-6-11-21-33(30)50-38)49-29-19-13-18-28(24-29)41-36(45)31(23-25-14-12-17-27(40)22-25)42-35(44)26-15-8-7-9-16-26/h7-9,12-19,22-24,32H,3-6,10-11,20-21H2,1-2H3,(H,41,45)(H,42,44)(H,43,46)/b31-23+. The Labute approximate surface area is 309 Å². The van der Waals surface area contributed by atoms with Gasteiger partial charge in [-0.15, -0.1) is 23.1 Å². The molecular formula is C39H40BrN3O5S2. The predicted molar refractivity (Wildman–Crippen MR) is 206 cm³/mol. The number of thiophene rings is 1. The van der Waals surface area contributed by atoms with E-state index >= 15 is 0 Å². The van der Waals surface area contributed by atoms with Gasteiger partial charge in [0.05, 0.1) is 17.4 Å². The molecule has 1 unspecified atom stereocenters. The second-order valence-electron chi connectivity index (χ2n) is 11.8. The van der Waals surface area contributed by atoms with Crippen LogP contribution in [0.15, 0.2) is 93.9 Å². The van der Waals surface area contributed by atoms with Gasteiger partial charge >= 0.3 is 5.97 Å². The Morgan fingerprint density at radius 3 is 2.40 bits per heavy atom. The molecule has 1 atom stereocenters. The first kappa shape index (κ1) is 37.1. The minimum atomic E-state index is -0.499. The Hall–Kier alpha value is -4.19. The number of fused-ring (bicyclic) bond motifs is 1. The predicted octanol–water partition coefficient (Wildman–Crippen LogP) is 9.27. The third-order valence-corrected chi connectivity index (χ3v) is 11.2. The van der Waals surface area contributed by atoms with Crippen LogP contribution in [0.1, 0.15) is 82.7 Å². The number of benzene rings is 3. The number of amides is 3. The lowest BCUT2D eigenvalue weighted by molar-refractivity contribution is -0.116. The van der Waals surface area contributed by atoms with E-state index in [4.69, 9.17) is 4.74 Å². The van der Waals surface area contributed by atoms with Gasteiger partial charge in [0.15, 0.2) is 0 Å². The van der Waals surface area contributed by atoms with E-state index in [1.807, 2.05) is 43.3 Å². The SMILES string of the molecule is CCOC(=O)c1c(NC(=O)C(CC)Sc2cccc(NC(=O)/C(=C\c3cccc(Br)c3)NC(=O)c3ccccc3)c2)sc2c1CCCCCC2. The van der Waals surface area contributed by atoms with Crippen LogP contribution in [0, 0.1) is 0 Å². The maximum absolute atomic E-state index is 13.7. The fourth-order valence-corrected chi connectivity index (χ4v) is 8.37. The van der Waals surface area contributed by atoms with Crippen LogP contribution >= 0.6 is 39.0 Å². The summed E-state index contributed by atoms with van der Waals surface area (Å²) in [4.78, 5) is 55.4. The van der Waals surface area contributed by atoms with Crippen molar-refractivity contribution in [1.29, 1.82) is 0 Å². The molecular weight excluding hydrogens is 734 g/mol. The number of thioether (sulfide) groups is 1. The second-order valence-corrected chi connectivity index (χ2v) is 15.1. The van der Waals surface area contributed by atoms with Crippen molar-refractivity contribution in [3.8, 4) is 0 Å².